The van der Waals surface area contributed by atoms with Crippen LogP contribution in [-0.2, 0) is 23.8 Å². The molecule has 0 aliphatic heterocycles. The molecular weight excluding hydrogens is 669 g/mol. The molecule has 0 radical (unpaired) electrons. The van der Waals surface area contributed by atoms with Gasteiger partial charge >= 0.3 is 11.9 Å². The lowest BCUT2D eigenvalue weighted by Crippen LogP contribution is -2.30. The number of rotatable bonds is 42. The summed E-state index contributed by atoms with van der Waals surface area (Å²) in [5, 5.41) is 0. The standard InChI is InChI=1S/C49H88O5/c1-4-7-10-13-16-19-21-23-25-27-29-31-33-36-39-42-48(50)53-46-47(45-52-44-41-38-35-18-15-12-9-6-3)54-49(51)43-40-37-34-32-30-28-26-24-22-20-17-14-11-8-5-2/h16-17,19-20,23-26,47H,4-15,18,21-22,27-46H2,1-3H3/b19-16-,20-17-,25-23-,26-24-. The van der Waals surface area contributed by atoms with E-state index in [2.05, 4.69) is 69.4 Å². The normalized spacial score (nSPS) is 12.6. The van der Waals surface area contributed by atoms with Crippen molar-refractivity contribution in [2.45, 2.75) is 232 Å². The first-order valence-corrected chi connectivity index (χ1v) is 23.2. The lowest BCUT2D eigenvalue weighted by molar-refractivity contribution is -0.163. The fraction of sp³-hybridized carbons (Fsp3) is 0.796. The molecular formula is C49H88O5. The Morgan fingerprint density at radius 2 is 0.778 bits per heavy atom. The van der Waals surface area contributed by atoms with Crippen LogP contribution in [0.1, 0.15) is 226 Å². The van der Waals surface area contributed by atoms with Crippen LogP contribution in [0.5, 0.6) is 0 Å². The average Bonchev–Trinajstić information content (AvgIpc) is 3.17. The highest BCUT2D eigenvalue weighted by molar-refractivity contribution is 5.70. The van der Waals surface area contributed by atoms with Crippen LogP contribution in [0.4, 0.5) is 0 Å². The lowest BCUT2D eigenvalue weighted by atomic mass is 10.1. The quantitative estimate of drug-likeness (QED) is 0.0353. The van der Waals surface area contributed by atoms with Crippen molar-refractivity contribution in [1.29, 1.82) is 0 Å². The molecule has 54 heavy (non-hydrogen) atoms. The Labute approximate surface area is 335 Å². The number of esters is 2. The van der Waals surface area contributed by atoms with Gasteiger partial charge in [0.05, 0.1) is 6.61 Å². The minimum atomic E-state index is -0.543. The number of ether oxygens (including phenoxy) is 3. The Bertz CT molecular complexity index is 904. The van der Waals surface area contributed by atoms with Crippen LogP contribution < -0.4 is 0 Å². The number of carbonyl (C=O) groups excluding carboxylic acids is 2. The van der Waals surface area contributed by atoms with Gasteiger partial charge in [0.25, 0.3) is 0 Å². The van der Waals surface area contributed by atoms with Gasteiger partial charge in [-0.3, -0.25) is 9.59 Å². The molecule has 0 amide bonds. The van der Waals surface area contributed by atoms with E-state index in [0.29, 0.717) is 19.4 Å². The molecule has 0 spiro atoms. The van der Waals surface area contributed by atoms with E-state index < -0.39 is 6.10 Å². The molecule has 5 heteroatoms. The Morgan fingerprint density at radius 1 is 0.407 bits per heavy atom. The Balaban J connectivity index is 4.24. The maximum Gasteiger partial charge on any atom is 0.306 e. The van der Waals surface area contributed by atoms with E-state index in [4.69, 9.17) is 14.2 Å². The van der Waals surface area contributed by atoms with Crippen molar-refractivity contribution in [1.82, 2.24) is 0 Å². The maximum atomic E-state index is 12.7. The van der Waals surface area contributed by atoms with Crippen molar-refractivity contribution in [2.75, 3.05) is 19.8 Å². The maximum absolute atomic E-state index is 12.7. The molecule has 314 valence electrons. The van der Waals surface area contributed by atoms with Crippen LogP contribution >= 0.6 is 0 Å². The molecule has 0 aromatic heterocycles. The smallest absolute Gasteiger partial charge is 0.306 e. The molecule has 0 bridgehead atoms. The zero-order valence-electron chi connectivity index (χ0n) is 36.0. The van der Waals surface area contributed by atoms with Crippen LogP contribution in [0.25, 0.3) is 0 Å². The summed E-state index contributed by atoms with van der Waals surface area (Å²) in [7, 11) is 0. The Kier molecular flexibility index (Phi) is 43.5. The van der Waals surface area contributed by atoms with E-state index in [9.17, 15) is 9.59 Å². The lowest BCUT2D eigenvalue weighted by Gasteiger charge is -2.18. The van der Waals surface area contributed by atoms with Gasteiger partial charge in [-0.1, -0.05) is 179 Å². The van der Waals surface area contributed by atoms with Crippen LogP contribution in [0.3, 0.4) is 0 Å². The largest absolute Gasteiger partial charge is 0.462 e. The SMILES string of the molecule is CCCCC/C=C\C/C=C\CCCCCCCC(=O)OCC(COCCCCCCCCCC)OC(=O)CCCCCCC/C=C\C/C=C\CCCCC. The molecule has 0 heterocycles. The molecule has 0 fully saturated rings. The summed E-state index contributed by atoms with van der Waals surface area (Å²) < 4.78 is 17.3. The molecule has 0 aromatic rings. The number of carbonyl (C=O) groups is 2. The molecule has 1 unspecified atom stereocenters. The summed E-state index contributed by atoms with van der Waals surface area (Å²) >= 11 is 0. The Hall–Kier alpha value is -2.14. The average molecular weight is 757 g/mol. The predicted molar refractivity (Wildman–Crippen MR) is 233 cm³/mol. The minimum Gasteiger partial charge on any atom is -0.462 e. The van der Waals surface area contributed by atoms with Gasteiger partial charge in [-0.25, -0.2) is 0 Å². The highest BCUT2D eigenvalue weighted by Crippen LogP contribution is 2.13. The molecule has 0 aliphatic carbocycles. The van der Waals surface area contributed by atoms with E-state index in [-0.39, 0.29) is 25.2 Å². The van der Waals surface area contributed by atoms with E-state index in [0.717, 1.165) is 77.0 Å². The topological polar surface area (TPSA) is 61.8 Å². The van der Waals surface area contributed by atoms with Gasteiger partial charge in [0.1, 0.15) is 6.61 Å². The first kappa shape index (κ1) is 51.9. The third-order valence-corrected chi connectivity index (χ3v) is 9.84. The van der Waals surface area contributed by atoms with E-state index in [1.165, 1.54) is 116 Å². The second kappa shape index (κ2) is 45.3. The fourth-order valence-corrected chi connectivity index (χ4v) is 6.33. The monoisotopic (exact) mass is 757 g/mol. The van der Waals surface area contributed by atoms with Crippen molar-refractivity contribution in [2.24, 2.45) is 0 Å². The second-order valence-electron chi connectivity index (χ2n) is 15.3. The van der Waals surface area contributed by atoms with E-state index in [1.807, 2.05) is 0 Å². The zero-order valence-corrected chi connectivity index (χ0v) is 36.0. The molecule has 0 rings (SSSR count). The summed E-state index contributed by atoms with van der Waals surface area (Å²) in [5.41, 5.74) is 0. The van der Waals surface area contributed by atoms with Crippen LogP contribution in [0, 0.1) is 0 Å². The van der Waals surface area contributed by atoms with Crippen LogP contribution in [-0.4, -0.2) is 37.9 Å². The van der Waals surface area contributed by atoms with Crippen molar-refractivity contribution in [3.63, 3.8) is 0 Å². The molecule has 0 aromatic carbocycles. The highest BCUT2D eigenvalue weighted by Gasteiger charge is 2.17. The van der Waals surface area contributed by atoms with Crippen molar-refractivity contribution < 1.29 is 23.8 Å². The third kappa shape index (κ3) is 42.6. The molecule has 1 atom stereocenters. The highest BCUT2D eigenvalue weighted by atomic mass is 16.6. The van der Waals surface area contributed by atoms with Gasteiger partial charge in [0.15, 0.2) is 6.10 Å². The van der Waals surface area contributed by atoms with Crippen LogP contribution in [0.2, 0.25) is 0 Å². The second-order valence-corrected chi connectivity index (χ2v) is 15.3. The van der Waals surface area contributed by atoms with Gasteiger partial charge in [0.2, 0.25) is 0 Å². The molecule has 0 saturated heterocycles. The first-order chi connectivity index (χ1) is 26.6. The summed E-state index contributed by atoms with van der Waals surface area (Å²) in [6.07, 6.45) is 53.9. The number of unbranched alkanes of at least 4 members (excludes halogenated alkanes) is 23. The molecule has 0 aliphatic rings. The summed E-state index contributed by atoms with van der Waals surface area (Å²) in [6.45, 7) is 7.74. The van der Waals surface area contributed by atoms with Gasteiger partial charge < -0.3 is 14.2 Å². The van der Waals surface area contributed by atoms with Crippen LogP contribution in [0.15, 0.2) is 48.6 Å². The van der Waals surface area contributed by atoms with Gasteiger partial charge in [-0.15, -0.1) is 0 Å². The number of hydrogen-bond acceptors (Lipinski definition) is 5. The van der Waals surface area contributed by atoms with Crippen molar-refractivity contribution >= 4 is 11.9 Å². The fourth-order valence-electron chi connectivity index (χ4n) is 6.33. The minimum absolute atomic E-state index is 0.0738. The van der Waals surface area contributed by atoms with E-state index >= 15 is 0 Å². The molecule has 0 saturated carbocycles. The Morgan fingerprint density at radius 3 is 1.26 bits per heavy atom. The van der Waals surface area contributed by atoms with Gasteiger partial charge in [-0.2, -0.15) is 0 Å². The van der Waals surface area contributed by atoms with Gasteiger partial charge in [-0.05, 0) is 83.5 Å². The van der Waals surface area contributed by atoms with E-state index in [1.54, 1.807) is 0 Å². The summed E-state index contributed by atoms with van der Waals surface area (Å²) in [4.78, 5) is 25.2. The first-order valence-electron chi connectivity index (χ1n) is 23.2. The number of allylic oxidation sites excluding steroid dienone is 8. The molecule has 5 nitrogen and oxygen atoms in total. The summed E-state index contributed by atoms with van der Waals surface area (Å²) in [6, 6.07) is 0. The predicted octanol–water partition coefficient (Wildman–Crippen LogP) is 15.2. The summed E-state index contributed by atoms with van der Waals surface area (Å²) in [5.74, 6) is -0.426. The van der Waals surface area contributed by atoms with Crippen molar-refractivity contribution in [3.05, 3.63) is 48.6 Å². The number of hydrogen-bond donors (Lipinski definition) is 0. The third-order valence-electron chi connectivity index (χ3n) is 9.84. The van der Waals surface area contributed by atoms with Crippen molar-refractivity contribution in [3.8, 4) is 0 Å². The molecule has 0 N–H and O–H groups in total. The zero-order chi connectivity index (χ0) is 39.3. The van der Waals surface area contributed by atoms with Gasteiger partial charge in [0, 0.05) is 19.4 Å².